The zero-order valence-electron chi connectivity index (χ0n) is 23.6. The van der Waals surface area contributed by atoms with Crippen molar-refractivity contribution in [2.24, 2.45) is 14.1 Å². The summed E-state index contributed by atoms with van der Waals surface area (Å²) >= 11 is 0. The molecule has 4 rings (SSSR count). The predicted molar refractivity (Wildman–Crippen MR) is 151 cm³/mol. The molecule has 1 atom stereocenters. The number of amides is 1. The molecule has 0 radical (unpaired) electrons. The number of carbonyl (C=O) groups excluding carboxylic acids is 2. The first-order chi connectivity index (χ1) is 17.9. The molecule has 2 aromatic carbocycles. The number of hydrogen-bond donors (Lipinski definition) is 1. The van der Waals surface area contributed by atoms with Gasteiger partial charge >= 0.3 is 11.8 Å². The highest BCUT2D eigenvalue weighted by Crippen LogP contribution is 2.33. The number of aromatic nitrogens is 2. The minimum atomic E-state index is -0.500. The third-order valence-electron chi connectivity index (χ3n) is 6.51. The number of para-hydroxylation sites is 1. The van der Waals surface area contributed by atoms with Crippen molar-refractivity contribution >= 4 is 34.8 Å². The molecule has 38 heavy (non-hydrogen) atoms. The van der Waals surface area contributed by atoms with E-state index in [2.05, 4.69) is 23.2 Å². The summed E-state index contributed by atoms with van der Waals surface area (Å²) in [5.41, 5.74) is 3.82. The van der Waals surface area contributed by atoms with Crippen LogP contribution in [0.25, 0.3) is 11.0 Å². The fourth-order valence-corrected chi connectivity index (χ4v) is 4.54. The molecule has 1 N–H and O–H groups in total. The average Bonchev–Trinajstić information content (AvgIpc) is 3.10. The Morgan fingerprint density at radius 3 is 2.24 bits per heavy atom. The normalized spacial score (nSPS) is 15.5. The fraction of sp³-hybridized carbons (Fsp3) is 0.464. The summed E-state index contributed by atoms with van der Waals surface area (Å²) in [7, 11) is 7.00. The van der Waals surface area contributed by atoms with Crippen LogP contribution in [0.5, 0.6) is 5.75 Å². The lowest BCUT2D eigenvalue weighted by molar-refractivity contribution is 0.0219. The van der Waals surface area contributed by atoms with Crippen LogP contribution in [-0.4, -0.2) is 71.8 Å². The number of rotatable bonds is 4. The molecule has 2 heterocycles. The Morgan fingerprint density at radius 2 is 1.71 bits per heavy atom. The number of imidazole rings is 1. The summed E-state index contributed by atoms with van der Waals surface area (Å²) in [4.78, 5) is 39.1. The molecule has 1 aromatic heterocycles. The van der Waals surface area contributed by atoms with E-state index in [1.54, 1.807) is 53.4 Å². The van der Waals surface area contributed by atoms with Crippen LogP contribution in [0.15, 0.2) is 41.2 Å². The SMILES string of the molecule is CNc1cc2c(cc1N1CCN(C(=O)OC(C)(C)C)CC1C)n(C)c(=O)n2C.COc1ccccc1C=O. The Balaban J connectivity index is 0.000000336. The van der Waals surface area contributed by atoms with Crippen molar-refractivity contribution in [3.8, 4) is 5.75 Å². The standard InChI is InChI=1S/C20H31N5O3.C8H8O2/c1-13-12-24(19(27)28-20(2,3)4)8-9-25(13)15-11-17-16(10-14(15)21-5)22(6)18(26)23(17)7;1-10-8-5-3-2-4-7(8)6-9/h10-11,13,21H,8-9,12H2,1-7H3;2-6H,1H3. The molecule has 0 bridgehead atoms. The van der Waals surface area contributed by atoms with Gasteiger partial charge in [0.2, 0.25) is 0 Å². The second-order valence-corrected chi connectivity index (χ2v) is 10.3. The monoisotopic (exact) mass is 525 g/mol. The minimum Gasteiger partial charge on any atom is -0.496 e. The van der Waals surface area contributed by atoms with Gasteiger partial charge in [-0.2, -0.15) is 0 Å². The van der Waals surface area contributed by atoms with E-state index in [0.29, 0.717) is 30.9 Å². The van der Waals surface area contributed by atoms with Crippen LogP contribution in [0.1, 0.15) is 38.1 Å². The van der Waals surface area contributed by atoms with E-state index in [0.717, 1.165) is 28.7 Å². The largest absolute Gasteiger partial charge is 0.496 e. The van der Waals surface area contributed by atoms with E-state index >= 15 is 0 Å². The van der Waals surface area contributed by atoms with E-state index in [-0.39, 0.29) is 17.8 Å². The van der Waals surface area contributed by atoms with Crippen LogP contribution in [-0.2, 0) is 18.8 Å². The number of carbonyl (C=O) groups is 2. The van der Waals surface area contributed by atoms with Crippen molar-refractivity contribution in [1.29, 1.82) is 0 Å². The molecule has 206 valence electrons. The molecule has 10 heteroatoms. The zero-order valence-corrected chi connectivity index (χ0v) is 23.6. The Bertz CT molecular complexity index is 1350. The van der Waals surface area contributed by atoms with Gasteiger partial charge in [-0.15, -0.1) is 0 Å². The third-order valence-corrected chi connectivity index (χ3v) is 6.51. The summed E-state index contributed by atoms with van der Waals surface area (Å²) in [6.45, 7) is 9.61. The van der Waals surface area contributed by atoms with E-state index in [1.807, 2.05) is 40.0 Å². The number of hydrogen-bond acceptors (Lipinski definition) is 7. The molecule has 3 aromatic rings. The Kier molecular flexibility index (Phi) is 8.75. The topological polar surface area (TPSA) is 98.0 Å². The van der Waals surface area contributed by atoms with Gasteiger partial charge in [0.05, 0.1) is 35.1 Å². The van der Waals surface area contributed by atoms with E-state index in [1.165, 1.54) is 0 Å². The van der Waals surface area contributed by atoms with Gasteiger partial charge in [-0.25, -0.2) is 9.59 Å². The highest BCUT2D eigenvalue weighted by Gasteiger charge is 2.31. The first-order valence-electron chi connectivity index (χ1n) is 12.6. The maximum Gasteiger partial charge on any atom is 0.410 e. The number of aryl methyl sites for hydroxylation is 2. The number of nitrogens with one attached hydrogen (secondary N) is 1. The van der Waals surface area contributed by atoms with E-state index in [9.17, 15) is 14.4 Å². The van der Waals surface area contributed by atoms with Crippen LogP contribution >= 0.6 is 0 Å². The van der Waals surface area contributed by atoms with E-state index < -0.39 is 5.60 Å². The maximum atomic E-state index is 12.4. The molecule has 0 saturated carbocycles. The first kappa shape index (κ1) is 28.6. The lowest BCUT2D eigenvalue weighted by Crippen LogP contribution is -2.54. The van der Waals surface area contributed by atoms with Crippen LogP contribution < -0.4 is 20.6 Å². The van der Waals surface area contributed by atoms with Gasteiger partial charge in [-0.3, -0.25) is 13.9 Å². The van der Waals surface area contributed by atoms with Gasteiger partial charge in [0.15, 0.2) is 6.29 Å². The summed E-state index contributed by atoms with van der Waals surface area (Å²) in [5.74, 6) is 0.623. The Labute approximate surface area is 223 Å². The number of nitrogens with zero attached hydrogens (tertiary/aromatic N) is 4. The maximum absolute atomic E-state index is 12.4. The lowest BCUT2D eigenvalue weighted by Gasteiger charge is -2.42. The molecular weight excluding hydrogens is 486 g/mol. The highest BCUT2D eigenvalue weighted by molar-refractivity contribution is 5.89. The lowest BCUT2D eigenvalue weighted by atomic mass is 10.1. The summed E-state index contributed by atoms with van der Waals surface area (Å²) in [6.07, 6.45) is 0.507. The van der Waals surface area contributed by atoms with Crippen molar-refractivity contribution in [3.05, 3.63) is 52.4 Å². The minimum absolute atomic E-state index is 0.0444. The molecule has 0 aliphatic carbocycles. The van der Waals surface area contributed by atoms with Crippen LogP contribution in [0.3, 0.4) is 0 Å². The van der Waals surface area contributed by atoms with E-state index in [4.69, 9.17) is 9.47 Å². The molecule has 1 aliphatic heterocycles. The van der Waals surface area contributed by atoms with Crippen LogP contribution in [0, 0.1) is 0 Å². The van der Waals surface area contributed by atoms with Crippen LogP contribution in [0.4, 0.5) is 16.2 Å². The summed E-state index contributed by atoms with van der Waals surface area (Å²) in [6, 6.07) is 11.3. The average molecular weight is 526 g/mol. The first-order valence-corrected chi connectivity index (χ1v) is 12.6. The van der Waals surface area contributed by atoms with Crippen molar-refractivity contribution in [3.63, 3.8) is 0 Å². The van der Waals surface area contributed by atoms with Gasteiger partial charge < -0.3 is 24.6 Å². The number of anilines is 2. The molecule has 1 aliphatic rings. The number of methoxy groups -OCH3 is 1. The molecule has 10 nitrogen and oxygen atoms in total. The second-order valence-electron chi connectivity index (χ2n) is 10.3. The van der Waals surface area contributed by atoms with Gasteiger partial charge in [-0.05, 0) is 52.0 Å². The summed E-state index contributed by atoms with van der Waals surface area (Å²) in [5, 5.41) is 3.26. The van der Waals surface area contributed by atoms with Crippen molar-refractivity contribution in [2.75, 3.05) is 44.0 Å². The predicted octanol–water partition coefficient (Wildman–Crippen LogP) is 3.87. The number of piperazine rings is 1. The number of ether oxygens (including phenoxy) is 2. The van der Waals surface area contributed by atoms with Crippen LogP contribution in [0.2, 0.25) is 0 Å². The molecule has 1 unspecified atom stereocenters. The number of fused-ring (bicyclic) bond motifs is 1. The number of aldehydes is 1. The quantitative estimate of drug-likeness (QED) is 0.517. The van der Waals surface area contributed by atoms with Gasteiger partial charge in [0.1, 0.15) is 11.4 Å². The van der Waals surface area contributed by atoms with Gasteiger partial charge in [-0.1, -0.05) is 12.1 Å². The van der Waals surface area contributed by atoms with Gasteiger partial charge in [0, 0.05) is 46.8 Å². The third kappa shape index (κ3) is 6.12. The Morgan fingerprint density at radius 1 is 1.08 bits per heavy atom. The fourth-order valence-electron chi connectivity index (χ4n) is 4.54. The van der Waals surface area contributed by atoms with Gasteiger partial charge in [0.25, 0.3) is 0 Å². The summed E-state index contributed by atoms with van der Waals surface area (Å²) < 4.78 is 13.7. The Hall–Kier alpha value is -3.95. The number of benzene rings is 2. The van der Waals surface area contributed by atoms with Crippen molar-refractivity contribution < 1.29 is 19.1 Å². The molecule has 1 amide bonds. The zero-order chi connectivity index (χ0) is 28.2. The molecular formula is C28H39N5O5. The molecule has 0 spiro atoms. The van der Waals surface area contributed by atoms with Crippen molar-refractivity contribution in [1.82, 2.24) is 14.0 Å². The van der Waals surface area contributed by atoms with Crippen molar-refractivity contribution in [2.45, 2.75) is 39.3 Å². The molecule has 1 fully saturated rings. The molecule has 1 saturated heterocycles. The highest BCUT2D eigenvalue weighted by atomic mass is 16.6. The second kappa shape index (κ2) is 11.6. The smallest absolute Gasteiger partial charge is 0.410 e.